The van der Waals surface area contributed by atoms with Gasteiger partial charge in [0.1, 0.15) is 24.4 Å². The lowest BCUT2D eigenvalue weighted by Crippen LogP contribution is -2.60. The standard InChI is InChI=1S/C13H14F3NO8/c14-13(15,16)5-1-2-7(6(3-5)17(22)23)24-12-11(21)10(20)9(19)8(4-18)25-12/h1-3,8-12,18-21H,4H2/t8-,9+,10+,11-,12+/m1/s1. The van der Waals surface area contributed by atoms with Gasteiger partial charge in [0.15, 0.2) is 5.75 Å². The summed E-state index contributed by atoms with van der Waals surface area (Å²) in [7, 11) is 0. The molecule has 2 rings (SSSR count). The Morgan fingerprint density at radius 2 is 1.84 bits per heavy atom. The molecule has 0 saturated carbocycles. The van der Waals surface area contributed by atoms with E-state index >= 15 is 0 Å². The molecule has 1 aliphatic rings. The molecule has 5 atom stereocenters. The highest BCUT2D eigenvalue weighted by atomic mass is 19.4. The van der Waals surface area contributed by atoms with Gasteiger partial charge in [-0.05, 0) is 12.1 Å². The molecule has 1 fully saturated rings. The van der Waals surface area contributed by atoms with E-state index in [2.05, 4.69) is 0 Å². The van der Waals surface area contributed by atoms with Gasteiger partial charge in [-0.25, -0.2) is 0 Å². The molecule has 1 heterocycles. The van der Waals surface area contributed by atoms with Crippen molar-refractivity contribution in [1.29, 1.82) is 0 Å². The second-order valence-electron chi connectivity index (χ2n) is 5.25. The maximum absolute atomic E-state index is 12.7. The van der Waals surface area contributed by atoms with Gasteiger partial charge >= 0.3 is 11.9 Å². The van der Waals surface area contributed by atoms with E-state index in [0.717, 1.165) is 0 Å². The first-order valence-electron chi connectivity index (χ1n) is 6.89. The number of benzene rings is 1. The molecule has 0 aliphatic carbocycles. The molecule has 4 N–H and O–H groups in total. The second kappa shape index (κ2) is 7.09. The van der Waals surface area contributed by atoms with Crippen LogP contribution in [0.25, 0.3) is 0 Å². The van der Waals surface area contributed by atoms with Crippen LogP contribution >= 0.6 is 0 Å². The highest BCUT2D eigenvalue weighted by molar-refractivity contribution is 5.49. The zero-order valence-electron chi connectivity index (χ0n) is 12.3. The van der Waals surface area contributed by atoms with Crippen molar-refractivity contribution in [1.82, 2.24) is 0 Å². The lowest BCUT2D eigenvalue weighted by atomic mass is 9.99. The molecule has 1 saturated heterocycles. The van der Waals surface area contributed by atoms with Crippen LogP contribution in [0.2, 0.25) is 0 Å². The lowest BCUT2D eigenvalue weighted by molar-refractivity contribution is -0.387. The molecule has 9 nitrogen and oxygen atoms in total. The molecule has 1 aromatic rings. The fraction of sp³-hybridized carbons (Fsp3) is 0.538. The third kappa shape index (κ3) is 3.99. The molecule has 0 unspecified atom stereocenters. The minimum Gasteiger partial charge on any atom is -0.455 e. The van der Waals surface area contributed by atoms with E-state index in [9.17, 15) is 38.6 Å². The van der Waals surface area contributed by atoms with Gasteiger partial charge in [0, 0.05) is 6.07 Å². The maximum atomic E-state index is 12.7. The van der Waals surface area contributed by atoms with Crippen molar-refractivity contribution in [2.24, 2.45) is 0 Å². The number of ether oxygens (including phenoxy) is 2. The zero-order chi connectivity index (χ0) is 18.9. The summed E-state index contributed by atoms with van der Waals surface area (Å²) < 4.78 is 48.0. The molecule has 12 heteroatoms. The molecule has 0 aromatic heterocycles. The van der Waals surface area contributed by atoms with E-state index in [-0.39, 0.29) is 6.07 Å². The van der Waals surface area contributed by atoms with Crippen LogP contribution in [0, 0.1) is 10.1 Å². The highest BCUT2D eigenvalue weighted by Crippen LogP contribution is 2.37. The van der Waals surface area contributed by atoms with Crippen LogP contribution < -0.4 is 4.74 Å². The molecule has 140 valence electrons. The number of nitrogens with zero attached hydrogens (tertiary/aromatic N) is 1. The summed E-state index contributed by atoms with van der Waals surface area (Å²) in [5.41, 5.74) is -2.31. The van der Waals surface area contributed by atoms with Crippen molar-refractivity contribution in [2.45, 2.75) is 36.9 Å². The number of nitro groups is 1. The number of hydrogen-bond acceptors (Lipinski definition) is 8. The summed E-state index contributed by atoms with van der Waals surface area (Å²) in [6, 6.07) is 1.45. The molecular formula is C13H14F3NO8. The van der Waals surface area contributed by atoms with E-state index < -0.39 is 65.4 Å². The minimum atomic E-state index is -4.81. The second-order valence-corrected chi connectivity index (χ2v) is 5.25. The van der Waals surface area contributed by atoms with Gasteiger partial charge in [0.2, 0.25) is 6.29 Å². The Bertz CT molecular complexity index is 638. The molecular weight excluding hydrogens is 355 g/mol. The third-order valence-electron chi connectivity index (χ3n) is 3.57. The average Bonchev–Trinajstić information content (AvgIpc) is 2.54. The van der Waals surface area contributed by atoms with E-state index in [1.54, 1.807) is 0 Å². The third-order valence-corrected chi connectivity index (χ3v) is 3.57. The number of aliphatic hydroxyl groups is 4. The molecule has 1 aliphatic heterocycles. The summed E-state index contributed by atoms with van der Waals surface area (Å²) in [6.45, 7) is -0.764. The summed E-state index contributed by atoms with van der Waals surface area (Å²) in [6.07, 6.45) is -13.2. The van der Waals surface area contributed by atoms with Crippen LogP contribution in [-0.2, 0) is 10.9 Å². The van der Waals surface area contributed by atoms with Gasteiger partial charge in [0.05, 0.1) is 17.1 Å². The van der Waals surface area contributed by atoms with Crippen LogP contribution in [0.3, 0.4) is 0 Å². The Balaban J connectivity index is 2.31. The molecule has 0 bridgehead atoms. The molecule has 0 spiro atoms. The first-order valence-corrected chi connectivity index (χ1v) is 6.89. The molecule has 0 amide bonds. The number of hydrogen-bond donors (Lipinski definition) is 4. The number of rotatable bonds is 4. The van der Waals surface area contributed by atoms with Crippen molar-refractivity contribution in [2.75, 3.05) is 6.61 Å². The minimum absolute atomic E-state index is 0.249. The van der Waals surface area contributed by atoms with Gasteiger partial charge in [-0.3, -0.25) is 10.1 Å². The summed E-state index contributed by atoms with van der Waals surface area (Å²) in [4.78, 5) is 9.87. The van der Waals surface area contributed by atoms with Crippen LogP contribution in [0.1, 0.15) is 5.56 Å². The SMILES string of the molecule is O=[N+]([O-])c1cc(C(F)(F)F)ccc1O[C@H]1O[C@H](CO)[C@H](O)[C@H](O)[C@H]1O. The van der Waals surface area contributed by atoms with Gasteiger partial charge in [-0.1, -0.05) is 0 Å². The normalized spacial score (nSPS) is 30.1. The van der Waals surface area contributed by atoms with Crippen molar-refractivity contribution in [3.63, 3.8) is 0 Å². The summed E-state index contributed by atoms with van der Waals surface area (Å²) in [5.74, 6) is -0.651. The Morgan fingerprint density at radius 3 is 2.36 bits per heavy atom. The van der Waals surface area contributed by atoms with Gasteiger partial charge < -0.3 is 29.9 Å². The van der Waals surface area contributed by atoms with E-state index in [1.807, 2.05) is 0 Å². The monoisotopic (exact) mass is 369 g/mol. The predicted molar refractivity (Wildman–Crippen MR) is 72.5 cm³/mol. The van der Waals surface area contributed by atoms with E-state index in [0.29, 0.717) is 12.1 Å². The quantitative estimate of drug-likeness (QED) is 0.422. The first-order chi connectivity index (χ1) is 11.6. The van der Waals surface area contributed by atoms with Crippen molar-refractivity contribution in [3.05, 3.63) is 33.9 Å². The summed E-state index contributed by atoms with van der Waals surface area (Å²) >= 11 is 0. The smallest absolute Gasteiger partial charge is 0.416 e. The maximum Gasteiger partial charge on any atom is 0.416 e. The van der Waals surface area contributed by atoms with Crippen LogP contribution in [0.5, 0.6) is 5.75 Å². The van der Waals surface area contributed by atoms with Crippen molar-refractivity contribution in [3.8, 4) is 5.75 Å². The van der Waals surface area contributed by atoms with E-state index in [1.165, 1.54) is 0 Å². The Labute approximate surface area is 138 Å². The van der Waals surface area contributed by atoms with Gasteiger partial charge in [-0.2, -0.15) is 13.2 Å². The van der Waals surface area contributed by atoms with Crippen LogP contribution in [-0.4, -0.2) is 62.7 Å². The largest absolute Gasteiger partial charge is 0.455 e. The molecule has 1 aromatic carbocycles. The van der Waals surface area contributed by atoms with Crippen molar-refractivity contribution < 1.29 is 48.0 Å². The summed E-state index contributed by atoms with van der Waals surface area (Å²) in [5, 5.41) is 49.1. The van der Waals surface area contributed by atoms with Gasteiger partial charge in [-0.15, -0.1) is 0 Å². The van der Waals surface area contributed by atoms with Gasteiger partial charge in [0.25, 0.3) is 0 Å². The highest BCUT2D eigenvalue weighted by Gasteiger charge is 2.45. The first kappa shape index (κ1) is 19.3. The fourth-order valence-electron chi connectivity index (χ4n) is 2.23. The van der Waals surface area contributed by atoms with Crippen LogP contribution in [0.15, 0.2) is 18.2 Å². The lowest BCUT2D eigenvalue weighted by Gasteiger charge is -2.39. The van der Waals surface area contributed by atoms with Crippen molar-refractivity contribution >= 4 is 5.69 Å². The number of alkyl halides is 3. The Hall–Kier alpha value is -1.99. The average molecular weight is 369 g/mol. The van der Waals surface area contributed by atoms with E-state index in [4.69, 9.17) is 14.6 Å². The fourth-order valence-corrected chi connectivity index (χ4v) is 2.23. The zero-order valence-corrected chi connectivity index (χ0v) is 12.3. The Kier molecular flexibility index (Phi) is 5.49. The number of aliphatic hydroxyl groups excluding tert-OH is 4. The number of halogens is 3. The molecule has 0 radical (unpaired) electrons. The predicted octanol–water partition coefficient (Wildman–Crippen LogP) is -0.208. The molecule has 25 heavy (non-hydrogen) atoms. The topological polar surface area (TPSA) is 143 Å². The number of nitro benzene ring substituents is 1. The van der Waals surface area contributed by atoms with Crippen LogP contribution in [0.4, 0.5) is 18.9 Å². The Morgan fingerprint density at radius 1 is 1.20 bits per heavy atom.